The minimum atomic E-state index is -3.48. The van der Waals surface area contributed by atoms with E-state index in [-0.39, 0.29) is 11.8 Å². The van der Waals surface area contributed by atoms with Gasteiger partial charge in [0.1, 0.15) is 0 Å². The maximum atomic E-state index is 12.6. The Bertz CT molecular complexity index is 848. The predicted molar refractivity (Wildman–Crippen MR) is 106 cm³/mol. The summed E-state index contributed by atoms with van der Waals surface area (Å²) in [6.45, 7) is 0.725. The third-order valence-corrected chi connectivity index (χ3v) is 7.19. The monoisotopic (exact) mass is 470 g/mol. The zero-order chi connectivity index (χ0) is 17.9. The van der Waals surface area contributed by atoms with Gasteiger partial charge in [-0.3, -0.25) is 4.79 Å². The summed E-state index contributed by atoms with van der Waals surface area (Å²) in [5, 5.41) is 2.95. The molecule has 1 aliphatic heterocycles. The number of amides is 1. The van der Waals surface area contributed by atoms with Crippen molar-refractivity contribution in [3.63, 3.8) is 0 Å². The van der Waals surface area contributed by atoms with Crippen LogP contribution in [0, 0.1) is 9.49 Å². The van der Waals surface area contributed by atoms with E-state index in [9.17, 15) is 13.2 Å². The van der Waals surface area contributed by atoms with Gasteiger partial charge in [-0.15, -0.1) is 0 Å². The summed E-state index contributed by atoms with van der Waals surface area (Å²) in [7, 11) is -3.48. The molecule has 3 rings (SSSR count). The van der Waals surface area contributed by atoms with Gasteiger partial charge in [0, 0.05) is 22.6 Å². The lowest BCUT2D eigenvalue weighted by molar-refractivity contribution is -0.120. The molecule has 1 saturated heterocycles. The molecule has 1 amide bonds. The number of carbonyl (C=O) groups excluding carboxylic acids is 1. The number of anilines is 1. The average molecular weight is 470 g/mol. The summed E-state index contributed by atoms with van der Waals surface area (Å²) in [6.07, 6.45) is 1.06. The summed E-state index contributed by atoms with van der Waals surface area (Å²) < 4.78 is 27.7. The number of halogens is 1. The molecule has 0 saturated carbocycles. The van der Waals surface area contributed by atoms with E-state index in [2.05, 4.69) is 27.9 Å². The molecule has 132 valence electrons. The van der Waals surface area contributed by atoms with Crippen LogP contribution in [-0.4, -0.2) is 31.7 Å². The third kappa shape index (κ3) is 4.21. The Kier molecular flexibility index (Phi) is 5.75. The second-order valence-corrected chi connectivity index (χ2v) is 9.06. The number of rotatable bonds is 4. The number of nitrogens with one attached hydrogen (secondary N) is 1. The first-order chi connectivity index (χ1) is 12.0. The number of hydrogen-bond acceptors (Lipinski definition) is 3. The van der Waals surface area contributed by atoms with Crippen molar-refractivity contribution in [2.75, 3.05) is 18.4 Å². The Balaban J connectivity index is 1.62. The third-order valence-electron chi connectivity index (χ3n) is 4.34. The molecule has 5 nitrogen and oxygen atoms in total. The first-order valence-corrected chi connectivity index (χ1v) is 10.6. The van der Waals surface area contributed by atoms with Gasteiger partial charge in [0.05, 0.1) is 10.6 Å². The maximum absolute atomic E-state index is 12.6. The molecule has 2 aromatic rings. The van der Waals surface area contributed by atoms with Gasteiger partial charge in [0.15, 0.2) is 0 Å². The summed E-state index contributed by atoms with van der Waals surface area (Å²) in [4.78, 5) is 12.8. The number of benzene rings is 2. The molecule has 1 heterocycles. The number of piperidine rings is 1. The smallest absolute Gasteiger partial charge is 0.243 e. The van der Waals surface area contributed by atoms with Gasteiger partial charge in [0.25, 0.3) is 0 Å². The number of nitrogens with zero attached hydrogens (tertiary/aromatic N) is 1. The van der Waals surface area contributed by atoms with Crippen LogP contribution in [0.4, 0.5) is 5.69 Å². The van der Waals surface area contributed by atoms with Crippen LogP contribution in [0.15, 0.2) is 59.5 Å². The molecular weight excluding hydrogens is 451 g/mol. The molecule has 0 atom stereocenters. The molecule has 0 radical (unpaired) electrons. The highest BCUT2D eigenvalue weighted by Gasteiger charge is 2.32. The zero-order valence-electron chi connectivity index (χ0n) is 13.6. The summed E-state index contributed by atoms with van der Waals surface area (Å²) >= 11 is 2.18. The minimum Gasteiger partial charge on any atom is -0.325 e. The largest absolute Gasteiger partial charge is 0.325 e. The average Bonchev–Trinajstić information content (AvgIpc) is 2.64. The van der Waals surface area contributed by atoms with E-state index in [1.165, 1.54) is 4.31 Å². The number of para-hydroxylation sites is 1. The Labute approximate surface area is 161 Å². The van der Waals surface area contributed by atoms with E-state index in [0.717, 1.165) is 9.26 Å². The molecule has 7 heteroatoms. The van der Waals surface area contributed by atoms with Gasteiger partial charge < -0.3 is 5.32 Å². The van der Waals surface area contributed by atoms with Gasteiger partial charge in [0.2, 0.25) is 15.9 Å². The van der Waals surface area contributed by atoms with Crippen molar-refractivity contribution < 1.29 is 13.2 Å². The van der Waals surface area contributed by atoms with Gasteiger partial charge in [-0.1, -0.05) is 30.3 Å². The van der Waals surface area contributed by atoms with Crippen molar-refractivity contribution in [1.29, 1.82) is 0 Å². The molecule has 2 aromatic carbocycles. The van der Waals surface area contributed by atoms with Crippen LogP contribution >= 0.6 is 22.6 Å². The van der Waals surface area contributed by atoms with E-state index in [1.54, 1.807) is 30.3 Å². The second-order valence-electron chi connectivity index (χ2n) is 5.96. The summed E-state index contributed by atoms with van der Waals surface area (Å²) in [6, 6.07) is 16.0. The number of sulfonamides is 1. The van der Waals surface area contributed by atoms with E-state index in [1.807, 2.05) is 24.3 Å². The molecule has 0 aliphatic carbocycles. The van der Waals surface area contributed by atoms with Gasteiger partial charge in [-0.2, -0.15) is 4.31 Å². The first kappa shape index (κ1) is 18.3. The Morgan fingerprint density at radius 2 is 1.60 bits per heavy atom. The summed E-state index contributed by atoms with van der Waals surface area (Å²) in [5.41, 5.74) is 0.799. The van der Waals surface area contributed by atoms with Crippen molar-refractivity contribution >= 4 is 44.2 Å². The molecule has 25 heavy (non-hydrogen) atoms. The standard InChI is InChI=1S/C18H19IN2O3S/c19-16-8-4-5-9-17(16)20-18(22)14-10-12-21(13-11-14)25(23,24)15-6-2-1-3-7-15/h1-9,14H,10-13H2,(H,20,22). The maximum Gasteiger partial charge on any atom is 0.243 e. The van der Waals surface area contributed by atoms with E-state index >= 15 is 0 Å². The zero-order valence-corrected chi connectivity index (χ0v) is 16.5. The molecule has 1 fully saturated rings. The summed E-state index contributed by atoms with van der Waals surface area (Å²) in [5.74, 6) is -0.209. The van der Waals surface area contributed by atoms with Crippen LogP contribution in [0.5, 0.6) is 0 Å². The fraction of sp³-hybridized carbons (Fsp3) is 0.278. The van der Waals surface area contributed by atoms with Crippen LogP contribution in [0.25, 0.3) is 0 Å². The molecule has 0 spiro atoms. The highest BCUT2D eigenvalue weighted by molar-refractivity contribution is 14.1. The molecule has 1 aliphatic rings. The Morgan fingerprint density at radius 1 is 1.00 bits per heavy atom. The molecular formula is C18H19IN2O3S. The van der Waals surface area contributed by atoms with Crippen LogP contribution in [-0.2, 0) is 14.8 Å². The predicted octanol–water partition coefficient (Wildman–Crippen LogP) is 3.33. The van der Waals surface area contributed by atoms with Crippen molar-refractivity contribution in [3.05, 3.63) is 58.2 Å². The van der Waals surface area contributed by atoms with Crippen LogP contribution in [0.1, 0.15) is 12.8 Å². The lowest BCUT2D eigenvalue weighted by Crippen LogP contribution is -2.41. The molecule has 1 N–H and O–H groups in total. The Morgan fingerprint density at radius 3 is 2.24 bits per heavy atom. The number of carbonyl (C=O) groups is 1. The van der Waals surface area contributed by atoms with E-state index in [4.69, 9.17) is 0 Å². The molecule has 0 aromatic heterocycles. The van der Waals surface area contributed by atoms with E-state index in [0.29, 0.717) is 30.8 Å². The van der Waals surface area contributed by atoms with E-state index < -0.39 is 10.0 Å². The fourth-order valence-electron chi connectivity index (χ4n) is 2.90. The van der Waals surface area contributed by atoms with Crippen LogP contribution in [0.3, 0.4) is 0 Å². The van der Waals surface area contributed by atoms with Crippen molar-refractivity contribution in [1.82, 2.24) is 4.31 Å². The van der Waals surface area contributed by atoms with Crippen molar-refractivity contribution in [2.24, 2.45) is 5.92 Å². The SMILES string of the molecule is O=C(Nc1ccccc1I)C1CCN(S(=O)(=O)c2ccccc2)CC1. The molecule has 0 unspecified atom stereocenters. The second kappa shape index (κ2) is 7.84. The Hall–Kier alpha value is -1.45. The topological polar surface area (TPSA) is 66.5 Å². The number of hydrogen-bond donors (Lipinski definition) is 1. The van der Waals surface area contributed by atoms with Gasteiger partial charge in [-0.25, -0.2) is 8.42 Å². The van der Waals surface area contributed by atoms with Gasteiger partial charge in [-0.05, 0) is 59.7 Å². The van der Waals surface area contributed by atoms with Crippen LogP contribution in [0.2, 0.25) is 0 Å². The quantitative estimate of drug-likeness (QED) is 0.698. The van der Waals surface area contributed by atoms with Crippen molar-refractivity contribution in [2.45, 2.75) is 17.7 Å². The first-order valence-electron chi connectivity index (χ1n) is 8.09. The normalized spacial score (nSPS) is 16.5. The fourth-order valence-corrected chi connectivity index (χ4v) is 4.91. The van der Waals surface area contributed by atoms with Gasteiger partial charge >= 0.3 is 0 Å². The molecule has 0 bridgehead atoms. The lowest BCUT2D eigenvalue weighted by atomic mass is 9.97. The minimum absolute atomic E-state index is 0.0409. The highest BCUT2D eigenvalue weighted by Crippen LogP contribution is 2.25. The highest BCUT2D eigenvalue weighted by atomic mass is 127. The van der Waals surface area contributed by atoms with Crippen LogP contribution < -0.4 is 5.32 Å². The van der Waals surface area contributed by atoms with Crippen molar-refractivity contribution in [3.8, 4) is 0 Å². The lowest BCUT2D eigenvalue weighted by Gasteiger charge is -2.30.